The average molecular weight is 244 g/mol. The number of amides is 2. The number of carbonyl (C=O) groups is 2. The van der Waals surface area contributed by atoms with Crippen LogP contribution in [0.3, 0.4) is 0 Å². The largest absolute Gasteiger partial charge is 0.273 e. The van der Waals surface area contributed by atoms with Gasteiger partial charge in [-0.05, 0) is 31.4 Å². The maximum Gasteiger partial charge on any atom is 0.262 e. The van der Waals surface area contributed by atoms with Gasteiger partial charge in [-0.15, -0.1) is 0 Å². The number of nitrogens with one attached hydrogen (secondary N) is 2. The molecule has 0 spiro atoms. The Balaban J connectivity index is 1.79. The summed E-state index contributed by atoms with van der Waals surface area (Å²) in [5, 5.41) is 0. The van der Waals surface area contributed by atoms with E-state index in [2.05, 4.69) is 10.9 Å². The van der Waals surface area contributed by atoms with E-state index >= 15 is 0 Å². The molecule has 94 valence electrons. The Labute approximate surface area is 106 Å². The van der Waals surface area contributed by atoms with Gasteiger partial charge in [0.1, 0.15) is 0 Å². The number of benzene rings is 1. The molecule has 0 saturated heterocycles. The van der Waals surface area contributed by atoms with Gasteiger partial charge in [-0.25, -0.2) is 0 Å². The second-order valence-corrected chi connectivity index (χ2v) is 4.50. The quantitative estimate of drug-likeness (QED) is 0.626. The van der Waals surface area contributed by atoms with Crippen molar-refractivity contribution >= 4 is 17.9 Å². The summed E-state index contributed by atoms with van der Waals surface area (Å²) in [6, 6.07) is 7.82. The summed E-state index contributed by atoms with van der Waals surface area (Å²) in [5.41, 5.74) is 6.88. The summed E-state index contributed by atoms with van der Waals surface area (Å²) in [4.78, 5) is 22.7. The van der Waals surface area contributed by atoms with Crippen molar-refractivity contribution < 1.29 is 9.59 Å². The second-order valence-electron chi connectivity index (χ2n) is 4.50. The van der Waals surface area contributed by atoms with Crippen molar-refractivity contribution in [2.75, 3.05) is 0 Å². The lowest BCUT2D eigenvalue weighted by Crippen LogP contribution is -2.41. The van der Waals surface area contributed by atoms with Crippen molar-refractivity contribution in [2.24, 2.45) is 5.92 Å². The Hall–Kier alpha value is -2.10. The van der Waals surface area contributed by atoms with Gasteiger partial charge in [0.05, 0.1) is 0 Å². The predicted octanol–water partition coefficient (Wildman–Crippen LogP) is 1.57. The molecule has 1 aliphatic rings. The molecular weight excluding hydrogens is 228 g/mol. The molecule has 1 saturated carbocycles. The maximum atomic E-state index is 11.4. The molecule has 1 fully saturated rings. The molecular formula is C14H16N2O2. The molecule has 4 heteroatoms. The lowest BCUT2D eigenvalue weighted by molar-refractivity contribution is -0.127. The Bertz CT molecular complexity index is 473. The smallest absolute Gasteiger partial charge is 0.262 e. The molecule has 0 bridgehead atoms. The lowest BCUT2D eigenvalue weighted by atomic mass is 10.1. The standard InChI is InChI=1S/C14H16N2O2/c1-10-2-4-11(5-3-10)6-9-13(17)15-16-14(18)12-7-8-12/h2-6,9,12H,7-8H2,1H3,(H,15,17)(H,16,18)/b9-6+. The van der Waals surface area contributed by atoms with Crippen LogP contribution < -0.4 is 10.9 Å². The predicted molar refractivity (Wildman–Crippen MR) is 69.2 cm³/mol. The second kappa shape index (κ2) is 5.49. The van der Waals surface area contributed by atoms with Gasteiger partial charge in [-0.1, -0.05) is 29.8 Å². The monoisotopic (exact) mass is 244 g/mol. The van der Waals surface area contributed by atoms with Gasteiger partial charge in [0.25, 0.3) is 5.91 Å². The minimum atomic E-state index is -0.329. The average Bonchev–Trinajstić information content (AvgIpc) is 3.19. The van der Waals surface area contributed by atoms with Gasteiger partial charge in [0.2, 0.25) is 5.91 Å². The third-order valence-corrected chi connectivity index (χ3v) is 2.76. The van der Waals surface area contributed by atoms with Crippen molar-refractivity contribution in [2.45, 2.75) is 19.8 Å². The van der Waals surface area contributed by atoms with Crippen LogP contribution in [0.15, 0.2) is 30.3 Å². The van der Waals surface area contributed by atoms with Crippen LogP contribution in [0.5, 0.6) is 0 Å². The molecule has 0 aromatic heterocycles. The summed E-state index contributed by atoms with van der Waals surface area (Å²) in [6.07, 6.45) is 4.94. The van der Waals surface area contributed by atoms with Crippen LogP contribution in [0.4, 0.5) is 0 Å². The molecule has 0 unspecified atom stereocenters. The van der Waals surface area contributed by atoms with Gasteiger partial charge in [-0.3, -0.25) is 20.4 Å². The summed E-state index contributed by atoms with van der Waals surface area (Å²) in [5.74, 6) is -0.344. The van der Waals surface area contributed by atoms with Crippen LogP contribution in [0.2, 0.25) is 0 Å². The van der Waals surface area contributed by atoms with Crippen LogP contribution in [0.1, 0.15) is 24.0 Å². The molecule has 0 aliphatic heterocycles. The Kier molecular flexibility index (Phi) is 3.77. The van der Waals surface area contributed by atoms with Gasteiger partial charge in [0.15, 0.2) is 0 Å². The van der Waals surface area contributed by atoms with Gasteiger partial charge < -0.3 is 0 Å². The Morgan fingerprint density at radius 1 is 1.17 bits per heavy atom. The third-order valence-electron chi connectivity index (χ3n) is 2.76. The highest BCUT2D eigenvalue weighted by molar-refractivity contribution is 5.93. The van der Waals surface area contributed by atoms with Crippen LogP contribution in [0, 0.1) is 12.8 Å². The summed E-state index contributed by atoms with van der Waals surface area (Å²) >= 11 is 0. The van der Waals surface area contributed by atoms with Crippen LogP contribution in [-0.2, 0) is 9.59 Å². The third kappa shape index (κ3) is 3.73. The van der Waals surface area contributed by atoms with Crippen LogP contribution in [-0.4, -0.2) is 11.8 Å². The van der Waals surface area contributed by atoms with E-state index in [1.54, 1.807) is 6.08 Å². The molecule has 2 rings (SSSR count). The van der Waals surface area contributed by atoms with Crippen molar-refractivity contribution in [3.63, 3.8) is 0 Å². The van der Waals surface area contributed by atoms with E-state index in [1.807, 2.05) is 31.2 Å². The normalized spacial score (nSPS) is 14.5. The molecule has 0 heterocycles. The fraction of sp³-hybridized carbons (Fsp3) is 0.286. The van der Waals surface area contributed by atoms with Crippen molar-refractivity contribution in [3.05, 3.63) is 41.5 Å². The van der Waals surface area contributed by atoms with Crippen LogP contribution in [0.25, 0.3) is 6.08 Å². The Morgan fingerprint density at radius 3 is 2.44 bits per heavy atom. The SMILES string of the molecule is Cc1ccc(/C=C/C(=O)NNC(=O)C2CC2)cc1. The zero-order chi connectivity index (χ0) is 13.0. The molecule has 1 aromatic carbocycles. The van der Waals surface area contributed by atoms with E-state index in [4.69, 9.17) is 0 Å². The number of rotatable bonds is 3. The highest BCUT2D eigenvalue weighted by Crippen LogP contribution is 2.28. The number of aryl methyl sites for hydroxylation is 1. The van der Waals surface area contributed by atoms with Gasteiger partial charge in [-0.2, -0.15) is 0 Å². The minimum Gasteiger partial charge on any atom is -0.273 e. The molecule has 1 aliphatic carbocycles. The van der Waals surface area contributed by atoms with E-state index in [0.717, 1.165) is 18.4 Å². The Morgan fingerprint density at radius 2 is 1.83 bits per heavy atom. The highest BCUT2D eigenvalue weighted by atomic mass is 16.2. The first-order valence-corrected chi connectivity index (χ1v) is 6.00. The zero-order valence-corrected chi connectivity index (χ0v) is 10.3. The van der Waals surface area contributed by atoms with Gasteiger partial charge in [0, 0.05) is 12.0 Å². The topological polar surface area (TPSA) is 58.2 Å². The van der Waals surface area contributed by atoms with Crippen molar-refractivity contribution in [1.82, 2.24) is 10.9 Å². The molecule has 18 heavy (non-hydrogen) atoms. The van der Waals surface area contributed by atoms with E-state index in [1.165, 1.54) is 11.6 Å². The van der Waals surface area contributed by atoms with E-state index < -0.39 is 0 Å². The summed E-state index contributed by atoms with van der Waals surface area (Å²) < 4.78 is 0. The molecule has 0 radical (unpaired) electrons. The molecule has 2 amide bonds. The number of carbonyl (C=O) groups excluding carboxylic acids is 2. The first-order chi connectivity index (χ1) is 8.65. The first-order valence-electron chi connectivity index (χ1n) is 6.00. The highest BCUT2D eigenvalue weighted by Gasteiger charge is 2.29. The minimum absolute atomic E-state index is 0.0892. The molecule has 1 aromatic rings. The molecule has 4 nitrogen and oxygen atoms in total. The van der Waals surface area contributed by atoms with E-state index in [-0.39, 0.29) is 17.7 Å². The molecule has 2 N–H and O–H groups in total. The number of hydrazine groups is 1. The lowest BCUT2D eigenvalue weighted by Gasteiger charge is -2.03. The first kappa shape index (κ1) is 12.4. The maximum absolute atomic E-state index is 11.4. The number of hydrogen-bond acceptors (Lipinski definition) is 2. The summed E-state index contributed by atoms with van der Waals surface area (Å²) in [6.45, 7) is 2.01. The number of hydrogen-bond donors (Lipinski definition) is 2. The van der Waals surface area contributed by atoms with Crippen LogP contribution >= 0.6 is 0 Å². The van der Waals surface area contributed by atoms with Crippen molar-refractivity contribution in [1.29, 1.82) is 0 Å². The van der Waals surface area contributed by atoms with E-state index in [9.17, 15) is 9.59 Å². The zero-order valence-electron chi connectivity index (χ0n) is 10.3. The van der Waals surface area contributed by atoms with Crippen molar-refractivity contribution in [3.8, 4) is 0 Å². The van der Waals surface area contributed by atoms with E-state index in [0.29, 0.717) is 0 Å². The fourth-order valence-electron chi connectivity index (χ4n) is 1.46. The molecule has 0 atom stereocenters. The fourth-order valence-corrected chi connectivity index (χ4v) is 1.46. The van der Waals surface area contributed by atoms with Gasteiger partial charge >= 0.3 is 0 Å². The summed E-state index contributed by atoms with van der Waals surface area (Å²) in [7, 11) is 0.